The summed E-state index contributed by atoms with van der Waals surface area (Å²) in [4.78, 5) is 21.0. The molecule has 1 unspecified atom stereocenters. The molecular weight excluding hydrogens is 247 g/mol. The van der Waals surface area contributed by atoms with Crippen LogP contribution < -0.4 is 5.32 Å². The Bertz CT molecular complexity index is 280. The highest BCUT2D eigenvalue weighted by Crippen LogP contribution is 2.15. The van der Waals surface area contributed by atoms with Gasteiger partial charge in [0.05, 0.1) is 0 Å². The lowest BCUT2D eigenvalue weighted by Gasteiger charge is -2.14. The molecule has 0 fully saturated rings. The smallest absolute Gasteiger partial charge is 0.471 e. The fraction of sp³-hybridized carbons (Fsp3) is 0.500. The van der Waals surface area contributed by atoms with Gasteiger partial charge in [-0.3, -0.25) is 4.79 Å². The predicted octanol–water partition coefficient (Wildman–Crippen LogP) is 1.04. The van der Waals surface area contributed by atoms with Crippen LogP contribution in [0.5, 0.6) is 0 Å². The second kappa shape index (κ2) is 6.41. The molecule has 0 aromatic heterocycles. The zero-order chi connectivity index (χ0) is 12.8. The molecule has 1 amide bonds. The molecule has 0 bridgehead atoms. The highest BCUT2D eigenvalue weighted by molar-refractivity contribution is 7.99. The zero-order valence-corrected chi connectivity index (χ0v) is 8.90. The molecule has 2 N–H and O–H groups in total. The molecule has 0 aromatic carbocycles. The fourth-order valence-electron chi connectivity index (χ4n) is 0.684. The number of rotatable bonds is 6. The van der Waals surface area contributed by atoms with Crippen molar-refractivity contribution in [2.45, 2.75) is 12.2 Å². The van der Waals surface area contributed by atoms with Crippen molar-refractivity contribution in [1.29, 1.82) is 0 Å². The normalized spacial score (nSPS) is 12.9. The van der Waals surface area contributed by atoms with Gasteiger partial charge in [0.15, 0.2) is 0 Å². The number of carbonyl (C=O) groups excluding carboxylic acids is 1. The lowest BCUT2D eigenvalue weighted by atomic mass is 10.3. The van der Waals surface area contributed by atoms with E-state index >= 15 is 0 Å². The van der Waals surface area contributed by atoms with Crippen molar-refractivity contribution in [3.8, 4) is 0 Å². The molecule has 1 atom stereocenters. The summed E-state index contributed by atoms with van der Waals surface area (Å²) in [6.07, 6.45) is -3.59. The van der Waals surface area contributed by atoms with Crippen LogP contribution >= 0.6 is 11.8 Å². The number of hydrogen-bond acceptors (Lipinski definition) is 3. The lowest BCUT2D eigenvalue weighted by molar-refractivity contribution is -0.175. The van der Waals surface area contributed by atoms with Gasteiger partial charge in [0.2, 0.25) is 0 Å². The summed E-state index contributed by atoms with van der Waals surface area (Å²) >= 11 is 1.06. The highest BCUT2D eigenvalue weighted by atomic mass is 32.2. The quantitative estimate of drug-likeness (QED) is 0.551. The average Bonchev–Trinajstić information content (AvgIpc) is 2.14. The summed E-state index contributed by atoms with van der Waals surface area (Å²) < 4.78 is 35.5. The number of carbonyl (C=O) groups is 2. The summed E-state index contributed by atoms with van der Waals surface area (Å²) in [5.41, 5.74) is 0. The van der Waals surface area contributed by atoms with Crippen LogP contribution in [0, 0.1) is 0 Å². The van der Waals surface area contributed by atoms with Crippen LogP contribution in [0.15, 0.2) is 12.7 Å². The Morgan fingerprint density at radius 2 is 2.06 bits per heavy atom. The maximum Gasteiger partial charge on any atom is 0.471 e. The van der Waals surface area contributed by atoms with Gasteiger partial charge in [-0.1, -0.05) is 6.08 Å². The van der Waals surface area contributed by atoms with E-state index in [1.54, 1.807) is 0 Å². The van der Waals surface area contributed by atoms with Crippen LogP contribution in [0.3, 0.4) is 0 Å². The van der Waals surface area contributed by atoms with Crippen molar-refractivity contribution in [2.75, 3.05) is 11.5 Å². The Morgan fingerprint density at radius 3 is 2.44 bits per heavy atom. The van der Waals surface area contributed by atoms with Crippen molar-refractivity contribution in [1.82, 2.24) is 5.32 Å². The van der Waals surface area contributed by atoms with E-state index in [2.05, 4.69) is 6.58 Å². The van der Waals surface area contributed by atoms with Gasteiger partial charge in [0.25, 0.3) is 0 Å². The minimum atomic E-state index is -5.07. The van der Waals surface area contributed by atoms with Crippen LogP contribution in [0.2, 0.25) is 0 Å². The topological polar surface area (TPSA) is 66.4 Å². The minimum absolute atomic E-state index is 0.150. The Hall–Kier alpha value is -1.18. The number of carboxylic acids is 1. The van der Waals surface area contributed by atoms with E-state index < -0.39 is 24.1 Å². The molecule has 0 rings (SSSR count). The van der Waals surface area contributed by atoms with Crippen LogP contribution in [0.4, 0.5) is 13.2 Å². The third-order valence-corrected chi connectivity index (χ3v) is 2.42. The molecule has 8 heteroatoms. The van der Waals surface area contributed by atoms with Crippen LogP contribution in [-0.4, -0.2) is 40.7 Å². The van der Waals surface area contributed by atoms with E-state index in [0.717, 1.165) is 11.8 Å². The van der Waals surface area contributed by atoms with Crippen LogP contribution in [0.1, 0.15) is 0 Å². The largest absolute Gasteiger partial charge is 0.480 e. The van der Waals surface area contributed by atoms with E-state index in [-0.39, 0.29) is 5.75 Å². The number of carboxylic acid groups (broad SMARTS) is 1. The average molecular weight is 257 g/mol. The monoisotopic (exact) mass is 257 g/mol. The zero-order valence-electron chi connectivity index (χ0n) is 8.08. The maximum absolute atomic E-state index is 11.8. The minimum Gasteiger partial charge on any atom is -0.480 e. The Labute approximate surface area is 93.9 Å². The van der Waals surface area contributed by atoms with Gasteiger partial charge in [-0.2, -0.15) is 24.9 Å². The number of alkyl halides is 3. The van der Waals surface area contributed by atoms with Crippen LogP contribution in [0.25, 0.3) is 0 Å². The summed E-state index contributed by atoms with van der Waals surface area (Å²) in [5.74, 6) is -3.51. The SMILES string of the molecule is C=CCSCC(NC(=O)C(F)(F)F)C(=O)O. The number of thioether (sulfide) groups is 1. The second-order valence-corrected chi connectivity index (χ2v) is 3.76. The van der Waals surface area contributed by atoms with E-state index in [0.29, 0.717) is 5.75 Å². The molecule has 0 heterocycles. The van der Waals surface area contributed by atoms with Crippen molar-refractivity contribution in [2.24, 2.45) is 0 Å². The molecule has 0 aliphatic carbocycles. The van der Waals surface area contributed by atoms with Crippen molar-refractivity contribution < 1.29 is 27.9 Å². The summed E-state index contributed by atoms with van der Waals surface area (Å²) in [7, 11) is 0. The second-order valence-electron chi connectivity index (χ2n) is 2.69. The van der Waals surface area contributed by atoms with Gasteiger partial charge in [-0.05, 0) is 0 Å². The first-order valence-electron chi connectivity index (χ1n) is 4.08. The Kier molecular flexibility index (Phi) is 5.94. The molecule has 0 spiro atoms. The summed E-state index contributed by atoms with van der Waals surface area (Å²) in [6, 6.07) is -1.56. The van der Waals surface area contributed by atoms with Crippen molar-refractivity contribution in [3.05, 3.63) is 12.7 Å². The van der Waals surface area contributed by atoms with Gasteiger partial charge in [-0.15, -0.1) is 6.58 Å². The Balaban J connectivity index is 4.29. The molecule has 4 nitrogen and oxygen atoms in total. The lowest BCUT2D eigenvalue weighted by Crippen LogP contribution is -2.48. The summed E-state index contributed by atoms with van der Waals surface area (Å²) in [6.45, 7) is 3.37. The molecule has 0 saturated heterocycles. The van der Waals surface area contributed by atoms with Crippen molar-refractivity contribution >= 4 is 23.6 Å². The Morgan fingerprint density at radius 1 is 1.50 bits per heavy atom. The number of halogens is 3. The van der Waals surface area contributed by atoms with Crippen LogP contribution in [-0.2, 0) is 9.59 Å². The highest BCUT2D eigenvalue weighted by Gasteiger charge is 2.40. The maximum atomic E-state index is 11.8. The summed E-state index contributed by atoms with van der Waals surface area (Å²) in [5, 5.41) is 9.96. The van der Waals surface area contributed by atoms with Gasteiger partial charge in [0, 0.05) is 11.5 Å². The molecule has 0 saturated carbocycles. The van der Waals surface area contributed by atoms with E-state index in [4.69, 9.17) is 5.11 Å². The number of nitrogens with one attached hydrogen (secondary N) is 1. The van der Waals surface area contributed by atoms with E-state index in [9.17, 15) is 22.8 Å². The third kappa shape index (κ3) is 5.64. The van der Waals surface area contributed by atoms with E-state index in [1.165, 1.54) is 11.4 Å². The molecular formula is C8H10F3NO3S. The van der Waals surface area contributed by atoms with Gasteiger partial charge in [0.1, 0.15) is 6.04 Å². The molecule has 16 heavy (non-hydrogen) atoms. The van der Waals surface area contributed by atoms with Gasteiger partial charge in [-0.25, -0.2) is 4.79 Å². The first kappa shape index (κ1) is 14.8. The van der Waals surface area contributed by atoms with Gasteiger partial charge < -0.3 is 10.4 Å². The standard InChI is InChI=1S/C8H10F3NO3S/c1-2-3-16-4-5(6(13)14)12-7(15)8(9,10)11/h2,5H,1,3-4H2,(H,12,15)(H,13,14). The number of amides is 1. The molecule has 0 aromatic rings. The molecule has 0 aliphatic rings. The fourth-order valence-corrected chi connectivity index (χ4v) is 1.45. The molecule has 0 radical (unpaired) electrons. The first-order valence-corrected chi connectivity index (χ1v) is 5.23. The first-order chi connectivity index (χ1) is 7.29. The molecule has 0 aliphatic heterocycles. The van der Waals surface area contributed by atoms with Crippen molar-refractivity contribution in [3.63, 3.8) is 0 Å². The van der Waals surface area contributed by atoms with Gasteiger partial charge >= 0.3 is 18.1 Å². The number of aliphatic carboxylic acids is 1. The third-order valence-electron chi connectivity index (χ3n) is 1.38. The van der Waals surface area contributed by atoms with E-state index in [1.807, 2.05) is 0 Å². The number of hydrogen-bond donors (Lipinski definition) is 2. The predicted molar refractivity (Wildman–Crippen MR) is 53.1 cm³/mol. The molecule has 92 valence electrons.